The minimum Gasteiger partial charge on any atom is -0.465 e. The first-order valence-electron chi connectivity index (χ1n) is 8.45. The van der Waals surface area contributed by atoms with Crippen LogP contribution in [0.4, 0.5) is 0 Å². The highest BCUT2D eigenvalue weighted by atomic mass is 35.5. The van der Waals surface area contributed by atoms with Crippen molar-refractivity contribution in [3.8, 4) is 11.3 Å². The molecule has 0 amide bonds. The molecule has 2 heterocycles. The molecule has 2 aromatic rings. The first-order chi connectivity index (χ1) is 12.8. The van der Waals surface area contributed by atoms with Crippen molar-refractivity contribution in [2.24, 2.45) is 0 Å². The van der Waals surface area contributed by atoms with Crippen LogP contribution in [0.1, 0.15) is 24.8 Å². The molecule has 0 saturated heterocycles. The molecule has 1 aromatic heterocycles. The molecule has 0 radical (unpaired) electrons. The predicted molar refractivity (Wildman–Crippen MR) is 102 cm³/mol. The molecule has 1 aliphatic heterocycles. The minimum atomic E-state index is 0.381. The number of benzene rings is 1. The second-order valence-corrected chi connectivity index (χ2v) is 6.48. The van der Waals surface area contributed by atoms with Crippen molar-refractivity contribution in [2.45, 2.75) is 19.3 Å². The van der Waals surface area contributed by atoms with Gasteiger partial charge in [-0.2, -0.15) is 0 Å². The van der Waals surface area contributed by atoms with Crippen LogP contribution in [0, 0.1) is 0 Å². The van der Waals surface area contributed by atoms with Crippen LogP contribution in [0.3, 0.4) is 0 Å². The molecule has 1 aromatic carbocycles. The third-order valence-corrected chi connectivity index (χ3v) is 4.42. The van der Waals surface area contributed by atoms with Gasteiger partial charge in [-0.15, -0.1) is 10.2 Å². The van der Waals surface area contributed by atoms with Crippen LogP contribution in [0.5, 0.6) is 0 Å². The summed E-state index contributed by atoms with van der Waals surface area (Å²) >= 11 is 5.78. The van der Waals surface area contributed by atoms with E-state index in [1.165, 1.54) is 5.57 Å². The van der Waals surface area contributed by atoms with Crippen LogP contribution in [0.15, 0.2) is 78.5 Å². The fourth-order valence-electron chi connectivity index (χ4n) is 2.86. The van der Waals surface area contributed by atoms with E-state index in [2.05, 4.69) is 28.4 Å². The van der Waals surface area contributed by atoms with E-state index in [1.54, 1.807) is 18.6 Å². The molecule has 0 N–H and O–H groups in total. The minimum absolute atomic E-state index is 0.381. The number of ether oxygens (including phenoxy) is 2. The van der Waals surface area contributed by atoms with Gasteiger partial charge in [-0.25, -0.2) is 0 Å². The first-order valence-corrected chi connectivity index (χ1v) is 8.83. The number of nitrogens with zero attached hydrogens (tertiary/aromatic N) is 2. The third kappa shape index (κ3) is 3.86. The Kier molecular flexibility index (Phi) is 4.84. The molecular formula is C21H17ClN2O2. The van der Waals surface area contributed by atoms with Gasteiger partial charge in [0.1, 0.15) is 18.3 Å². The van der Waals surface area contributed by atoms with Gasteiger partial charge in [0.05, 0.1) is 5.69 Å². The molecule has 0 bridgehead atoms. The molecule has 1 aliphatic carbocycles. The quantitative estimate of drug-likeness (QED) is 0.703. The second kappa shape index (κ2) is 7.58. The SMILES string of the molecule is Clc1ccc(-c2ccc(C3=COC=C(CC4=CC=CCC4)O3)cc2)nn1. The summed E-state index contributed by atoms with van der Waals surface area (Å²) in [6.45, 7) is 0. The van der Waals surface area contributed by atoms with E-state index in [9.17, 15) is 0 Å². The van der Waals surface area contributed by atoms with Gasteiger partial charge < -0.3 is 9.47 Å². The van der Waals surface area contributed by atoms with Crippen LogP contribution in [0.2, 0.25) is 5.15 Å². The maximum absolute atomic E-state index is 6.02. The van der Waals surface area contributed by atoms with Crippen molar-refractivity contribution < 1.29 is 9.47 Å². The van der Waals surface area contributed by atoms with Gasteiger partial charge in [-0.05, 0) is 25.0 Å². The first kappa shape index (κ1) is 16.6. The Balaban J connectivity index is 1.46. The molecule has 26 heavy (non-hydrogen) atoms. The number of aromatic nitrogens is 2. The molecule has 5 heteroatoms. The monoisotopic (exact) mass is 364 g/mol. The lowest BCUT2D eigenvalue weighted by molar-refractivity contribution is 0.273. The van der Waals surface area contributed by atoms with E-state index in [0.29, 0.717) is 10.9 Å². The highest BCUT2D eigenvalue weighted by molar-refractivity contribution is 6.29. The Morgan fingerprint density at radius 3 is 2.54 bits per heavy atom. The summed E-state index contributed by atoms with van der Waals surface area (Å²) in [4.78, 5) is 0. The Morgan fingerprint density at radius 1 is 0.962 bits per heavy atom. The van der Waals surface area contributed by atoms with Gasteiger partial charge >= 0.3 is 0 Å². The van der Waals surface area contributed by atoms with Crippen molar-refractivity contribution in [2.75, 3.05) is 0 Å². The van der Waals surface area contributed by atoms with Crippen molar-refractivity contribution in [3.05, 3.63) is 89.2 Å². The van der Waals surface area contributed by atoms with Gasteiger partial charge in [0.2, 0.25) is 0 Å². The molecule has 4 rings (SSSR count). The highest BCUT2D eigenvalue weighted by Gasteiger charge is 2.14. The largest absolute Gasteiger partial charge is 0.465 e. The zero-order valence-electron chi connectivity index (χ0n) is 14.1. The number of hydrogen-bond acceptors (Lipinski definition) is 4. The number of halogens is 1. The van der Waals surface area contributed by atoms with Crippen LogP contribution in [-0.4, -0.2) is 10.2 Å². The van der Waals surface area contributed by atoms with E-state index >= 15 is 0 Å². The Morgan fingerprint density at radius 2 is 1.81 bits per heavy atom. The molecule has 2 aliphatic rings. The summed E-state index contributed by atoms with van der Waals surface area (Å²) in [6.07, 6.45) is 12.6. The molecular weight excluding hydrogens is 348 g/mol. The van der Waals surface area contributed by atoms with Gasteiger partial charge in [0, 0.05) is 17.5 Å². The summed E-state index contributed by atoms with van der Waals surface area (Å²) in [7, 11) is 0. The van der Waals surface area contributed by atoms with Crippen molar-refractivity contribution in [1.82, 2.24) is 10.2 Å². The van der Waals surface area contributed by atoms with Gasteiger partial charge in [-0.3, -0.25) is 0 Å². The summed E-state index contributed by atoms with van der Waals surface area (Å²) in [5.74, 6) is 1.51. The molecule has 130 valence electrons. The second-order valence-electron chi connectivity index (χ2n) is 6.09. The van der Waals surface area contributed by atoms with Crippen LogP contribution in [-0.2, 0) is 9.47 Å². The summed E-state index contributed by atoms with van der Waals surface area (Å²) < 4.78 is 11.5. The smallest absolute Gasteiger partial charge is 0.169 e. The van der Waals surface area contributed by atoms with Crippen LogP contribution < -0.4 is 0 Å². The lowest BCUT2D eigenvalue weighted by Crippen LogP contribution is -2.01. The number of allylic oxidation sites excluding steroid dienone is 4. The van der Waals surface area contributed by atoms with E-state index < -0.39 is 0 Å². The average molecular weight is 365 g/mol. The molecule has 4 nitrogen and oxygen atoms in total. The molecule has 0 spiro atoms. The summed E-state index contributed by atoms with van der Waals surface area (Å²) in [5.41, 5.74) is 4.03. The molecule has 0 fully saturated rings. The number of rotatable bonds is 4. The zero-order valence-corrected chi connectivity index (χ0v) is 14.8. The van der Waals surface area contributed by atoms with Crippen LogP contribution in [0.25, 0.3) is 17.0 Å². The van der Waals surface area contributed by atoms with Crippen LogP contribution >= 0.6 is 11.6 Å². The lowest BCUT2D eigenvalue weighted by Gasteiger charge is -2.18. The van der Waals surface area contributed by atoms with Gasteiger partial charge in [0.25, 0.3) is 0 Å². The molecule has 0 saturated carbocycles. The Labute approximate surface area is 157 Å². The highest BCUT2D eigenvalue weighted by Crippen LogP contribution is 2.29. The summed E-state index contributed by atoms with van der Waals surface area (Å²) in [6, 6.07) is 11.5. The van der Waals surface area contributed by atoms with E-state index in [4.69, 9.17) is 21.1 Å². The fourth-order valence-corrected chi connectivity index (χ4v) is 2.97. The maximum atomic E-state index is 6.02. The van der Waals surface area contributed by atoms with E-state index in [0.717, 1.165) is 41.8 Å². The zero-order chi connectivity index (χ0) is 17.8. The maximum Gasteiger partial charge on any atom is 0.169 e. The topological polar surface area (TPSA) is 44.2 Å². The molecule has 0 unspecified atom stereocenters. The van der Waals surface area contributed by atoms with Crippen molar-refractivity contribution >= 4 is 17.4 Å². The van der Waals surface area contributed by atoms with Crippen molar-refractivity contribution in [1.29, 1.82) is 0 Å². The normalized spacial score (nSPS) is 16.1. The lowest BCUT2D eigenvalue weighted by atomic mass is 10.0. The van der Waals surface area contributed by atoms with Gasteiger partial charge in [-0.1, -0.05) is 59.7 Å². The van der Waals surface area contributed by atoms with Gasteiger partial charge in [0.15, 0.2) is 10.9 Å². The number of hydrogen-bond donors (Lipinski definition) is 0. The van der Waals surface area contributed by atoms with Crippen molar-refractivity contribution in [3.63, 3.8) is 0 Å². The summed E-state index contributed by atoms with van der Waals surface area (Å²) in [5, 5.41) is 8.35. The third-order valence-electron chi connectivity index (χ3n) is 4.21. The predicted octanol–water partition coefficient (Wildman–Crippen LogP) is 5.65. The average Bonchev–Trinajstić information content (AvgIpc) is 2.70. The molecule has 0 atom stereocenters. The fraction of sp³-hybridized carbons (Fsp3) is 0.143. The standard InChI is InChI=1S/C21H17ClN2O2/c22-21-11-10-19(23-24-21)16-6-8-17(9-7-16)20-14-25-13-18(26-20)12-15-4-2-1-3-5-15/h1-2,4,6-11,13-14H,3,5,12H2. The van der Waals surface area contributed by atoms with E-state index in [-0.39, 0.29) is 0 Å². The Hall–Kier alpha value is -2.85. The Bertz CT molecular complexity index is 910. The van der Waals surface area contributed by atoms with E-state index in [1.807, 2.05) is 30.3 Å².